The number of rotatable bonds is 2. The molecule has 0 bridgehead atoms. The highest BCUT2D eigenvalue weighted by Gasteiger charge is 2.18. The zero-order valence-corrected chi connectivity index (χ0v) is 10.8. The van der Waals surface area contributed by atoms with Gasteiger partial charge in [0.25, 0.3) is 0 Å². The molecule has 5 nitrogen and oxygen atoms in total. The summed E-state index contributed by atoms with van der Waals surface area (Å²) in [5.74, 6) is 0.570. The molecule has 0 spiro atoms. The number of hydrogen-bond donors (Lipinski definition) is 1. The first-order valence-electron chi connectivity index (χ1n) is 5.94. The molecule has 1 aliphatic heterocycles. The van der Waals surface area contributed by atoms with Crippen molar-refractivity contribution in [3.8, 4) is 0 Å². The van der Waals surface area contributed by atoms with Crippen LogP contribution in [0.25, 0.3) is 0 Å². The third-order valence-electron chi connectivity index (χ3n) is 3.11. The summed E-state index contributed by atoms with van der Waals surface area (Å²) in [5.41, 5.74) is 6.74. The van der Waals surface area contributed by atoms with Crippen molar-refractivity contribution in [2.75, 3.05) is 41.7 Å². The Morgan fingerprint density at radius 1 is 1.06 bits per heavy atom. The van der Waals surface area contributed by atoms with Crippen molar-refractivity contribution in [2.24, 2.45) is 0 Å². The molecule has 3 rings (SSSR count). The van der Waals surface area contributed by atoms with E-state index in [0.717, 1.165) is 37.0 Å². The van der Waals surface area contributed by atoms with Gasteiger partial charge in [0.05, 0.1) is 11.9 Å². The molecule has 1 saturated heterocycles. The van der Waals surface area contributed by atoms with Gasteiger partial charge in [-0.3, -0.25) is 0 Å². The molecule has 0 aliphatic carbocycles. The predicted octanol–water partition coefficient (Wildman–Crippen LogP) is 1.45. The number of piperazine rings is 1. The lowest BCUT2D eigenvalue weighted by molar-refractivity contribution is 0.651. The van der Waals surface area contributed by atoms with Crippen molar-refractivity contribution in [1.29, 1.82) is 0 Å². The van der Waals surface area contributed by atoms with Crippen LogP contribution in [0.4, 0.5) is 16.6 Å². The standard InChI is InChI=1S/C12H15N5S/c13-11-2-1-10(9-15-11)16-4-6-17(7-5-16)12-14-3-8-18-12/h1-3,8-9H,4-7H2,(H2,13,15). The fourth-order valence-electron chi connectivity index (χ4n) is 2.11. The van der Waals surface area contributed by atoms with Crippen LogP contribution >= 0.6 is 11.3 Å². The van der Waals surface area contributed by atoms with Crippen LogP contribution in [0.2, 0.25) is 0 Å². The monoisotopic (exact) mass is 261 g/mol. The molecule has 0 atom stereocenters. The largest absolute Gasteiger partial charge is 0.384 e. The number of pyridine rings is 1. The third-order valence-corrected chi connectivity index (χ3v) is 3.94. The van der Waals surface area contributed by atoms with Crippen LogP contribution in [-0.2, 0) is 0 Å². The minimum absolute atomic E-state index is 0.570. The Kier molecular flexibility index (Phi) is 3.02. The molecule has 0 radical (unpaired) electrons. The van der Waals surface area contributed by atoms with E-state index in [1.807, 2.05) is 29.9 Å². The van der Waals surface area contributed by atoms with Crippen molar-refractivity contribution in [3.63, 3.8) is 0 Å². The average molecular weight is 261 g/mol. The van der Waals surface area contributed by atoms with Crippen LogP contribution in [-0.4, -0.2) is 36.1 Å². The molecule has 0 saturated carbocycles. The van der Waals surface area contributed by atoms with Crippen molar-refractivity contribution in [1.82, 2.24) is 9.97 Å². The minimum Gasteiger partial charge on any atom is -0.384 e. The van der Waals surface area contributed by atoms with Crippen LogP contribution in [0.15, 0.2) is 29.9 Å². The van der Waals surface area contributed by atoms with Gasteiger partial charge in [-0.25, -0.2) is 9.97 Å². The Morgan fingerprint density at radius 3 is 2.44 bits per heavy atom. The van der Waals surface area contributed by atoms with Crippen LogP contribution in [0.5, 0.6) is 0 Å². The maximum Gasteiger partial charge on any atom is 0.185 e. The Labute approximate surface area is 110 Å². The van der Waals surface area contributed by atoms with Crippen molar-refractivity contribution in [2.45, 2.75) is 0 Å². The predicted molar refractivity (Wildman–Crippen MR) is 75.2 cm³/mol. The second kappa shape index (κ2) is 4.81. The molecule has 1 fully saturated rings. The molecule has 1 aliphatic rings. The zero-order valence-electron chi connectivity index (χ0n) is 9.99. The van der Waals surface area contributed by atoms with E-state index in [-0.39, 0.29) is 0 Å². The van der Waals surface area contributed by atoms with Crippen molar-refractivity contribution in [3.05, 3.63) is 29.9 Å². The fourth-order valence-corrected chi connectivity index (χ4v) is 2.81. The maximum atomic E-state index is 5.60. The molecule has 0 aromatic carbocycles. The quantitative estimate of drug-likeness (QED) is 0.886. The highest BCUT2D eigenvalue weighted by atomic mass is 32.1. The summed E-state index contributed by atoms with van der Waals surface area (Å²) in [4.78, 5) is 13.1. The lowest BCUT2D eigenvalue weighted by Gasteiger charge is -2.35. The first-order chi connectivity index (χ1) is 8.83. The fraction of sp³-hybridized carbons (Fsp3) is 0.333. The zero-order chi connectivity index (χ0) is 12.4. The van der Waals surface area contributed by atoms with Crippen LogP contribution < -0.4 is 15.5 Å². The Balaban J connectivity index is 1.65. The second-order valence-corrected chi connectivity index (χ2v) is 5.10. The van der Waals surface area contributed by atoms with Gasteiger partial charge >= 0.3 is 0 Å². The van der Waals surface area contributed by atoms with Gasteiger partial charge in [0.15, 0.2) is 5.13 Å². The summed E-state index contributed by atoms with van der Waals surface area (Å²) < 4.78 is 0. The van der Waals surface area contributed by atoms with Gasteiger partial charge in [0.1, 0.15) is 5.82 Å². The van der Waals surface area contributed by atoms with Gasteiger partial charge in [-0.2, -0.15) is 0 Å². The molecule has 2 N–H and O–H groups in total. The number of aromatic nitrogens is 2. The molecule has 6 heteroatoms. The first-order valence-corrected chi connectivity index (χ1v) is 6.82. The number of nitrogens with zero attached hydrogens (tertiary/aromatic N) is 4. The summed E-state index contributed by atoms with van der Waals surface area (Å²) >= 11 is 1.70. The number of nitrogens with two attached hydrogens (primary N) is 1. The maximum absolute atomic E-state index is 5.60. The normalized spacial score (nSPS) is 16.0. The van der Waals surface area contributed by atoms with E-state index < -0.39 is 0 Å². The van der Waals surface area contributed by atoms with E-state index in [4.69, 9.17) is 5.73 Å². The molecule has 0 amide bonds. The Hall–Kier alpha value is -1.82. The summed E-state index contributed by atoms with van der Waals surface area (Å²) in [6, 6.07) is 3.88. The van der Waals surface area contributed by atoms with E-state index in [2.05, 4.69) is 19.8 Å². The number of thiazole rings is 1. The van der Waals surface area contributed by atoms with Gasteiger partial charge in [-0.1, -0.05) is 0 Å². The van der Waals surface area contributed by atoms with E-state index >= 15 is 0 Å². The summed E-state index contributed by atoms with van der Waals surface area (Å²) in [6.07, 6.45) is 3.70. The molecular weight excluding hydrogens is 246 g/mol. The van der Waals surface area contributed by atoms with E-state index in [0.29, 0.717) is 5.82 Å². The average Bonchev–Trinajstić information content (AvgIpc) is 2.94. The van der Waals surface area contributed by atoms with Gasteiger partial charge < -0.3 is 15.5 Å². The van der Waals surface area contributed by atoms with Gasteiger partial charge in [0, 0.05) is 37.8 Å². The SMILES string of the molecule is Nc1ccc(N2CCN(c3nccs3)CC2)cn1. The minimum atomic E-state index is 0.570. The van der Waals surface area contributed by atoms with Crippen LogP contribution in [0, 0.1) is 0 Å². The molecular formula is C12H15N5S. The molecule has 3 heterocycles. The summed E-state index contributed by atoms with van der Waals surface area (Å²) in [7, 11) is 0. The van der Waals surface area contributed by atoms with Crippen LogP contribution in [0.3, 0.4) is 0 Å². The molecule has 94 valence electrons. The van der Waals surface area contributed by atoms with Gasteiger partial charge in [-0.15, -0.1) is 11.3 Å². The van der Waals surface area contributed by atoms with Gasteiger partial charge in [-0.05, 0) is 12.1 Å². The molecule has 2 aromatic rings. The van der Waals surface area contributed by atoms with E-state index in [1.54, 1.807) is 11.3 Å². The third kappa shape index (κ3) is 2.24. The summed E-state index contributed by atoms with van der Waals surface area (Å²) in [5, 5.41) is 3.14. The lowest BCUT2D eigenvalue weighted by Crippen LogP contribution is -2.46. The number of hydrogen-bond acceptors (Lipinski definition) is 6. The number of anilines is 3. The molecule has 0 unspecified atom stereocenters. The number of nitrogen functional groups attached to an aromatic ring is 1. The highest BCUT2D eigenvalue weighted by molar-refractivity contribution is 7.13. The van der Waals surface area contributed by atoms with Crippen molar-refractivity contribution < 1.29 is 0 Å². The highest BCUT2D eigenvalue weighted by Crippen LogP contribution is 2.21. The van der Waals surface area contributed by atoms with Crippen LogP contribution in [0.1, 0.15) is 0 Å². The first kappa shape index (κ1) is 11.3. The van der Waals surface area contributed by atoms with E-state index in [1.165, 1.54) is 0 Å². The smallest absolute Gasteiger partial charge is 0.185 e. The topological polar surface area (TPSA) is 58.3 Å². The Morgan fingerprint density at radius 2 is 1.83 bits per heavy atom. The van der Waals surface area contributed by atoms with E-state index in [9.17, 15) is 0 Å². The molecule has 2 aromatic heterocycles. The molecule has 18 heavy (non-hydrogen) atoms. The lowest BCUT2D eigenvalue weighted by atomic mass is 10.3. The second-order valence-electron chi connectivity index (χ2n) is 4.23. The Bertz CT molecular complexity index is 488. The van der Waals surface area contributed by atoms with Crippen molar-refractivity contribution >= 4 is 28.0 Å². The van der Waals surface area contributed by atoms with Gasteiger partial charge in [0.2, 0.25) is 0 Å². The summed E-state index contributed by atoms with van der Waals surface area (Å²) in [6.45, 7) is 3.98.